The number of rotatable bonds is 2. The highest BCUT2D eigenvalue weighted by molar-refractivity contribution is 7.15. The van der Waals surface area contributed by atoms with E-state index >= 15 is 0 Å². The summed E-state index contributed by atoms with van der Waals surface area (Å²) in [6, 6.07) is 3.89. The van der Waals surface area contributed by atoms with Gasteiger partial charge in [-0.25, -0.2) is 4.98 Å². The van der Waals surface area contributed by atoms with Crippen molar-refractivity contribution in [2.45, 2.75) is 20.4 Å². The lowest BCUT2D eigenvalue weighted by Gasteiger charge is -2.05. The second-order valence-electron chi connectivity index (χ2n) is 3.79. The van der Waals surface area contributed by atoms with Crippen molar-refractivity contribution in [3.05, 3.63) is 34.3 Å². The molecule has 0 aliphatic rings. The Hall–Kier alpha value is -1.39. The van der Waals surface area contributed by atoms with Gasteiger partial charge < -0.3 is 10.8 Å². The lowest BCUT2D eigenvalue weighted by molar-refractivity contribution is 0.467. The summed E-state index contributed by atoms with van der Waals surface area (Å²) in [5.74, 6) is 0.361. The summed E-state index contributed by atoms with van der Waals surface area (Å²) in [5, 5.41) is 10.6. The van der Waals surface area contributed by atoms with Crippen LogP contribution in [-0.2, 0) is 6.54 Å². The molecule has 0 amide bonds. The van der Waals surface area contributed by atoms with Crippen molar-refractivity contribution in [3.63, 3.8) is 0 Å². The molecule has 0 spiro atoms. The fourth-order valence-corrected chi connectivity index (χ4v) is 2.39. The van der Waals surface area contributed by atoms with Crippen molar-refractivity contribution in [2.24, 2.45) is 5.73 Å². The van der Waals surface area contributed by atoms with E-state index in [0.29, 0.717) is 12.3 Å². The maximum absolute atomic E-state index is 9.69. The average Bonchev–Trinajstić information content (AvgIpc) is 2.73. The zero-order valence-electron chi connectivity index (χ0n) is 9.32. The Morgan fingerprint density at radius 1 is 1.31 bits per heavy atom. The molecule has 0 aliphatic heterocycles. The first-order chi connectivity index (χ1) is 7.61. The molecule has 2 aromatic rings. The van der Waals surface area contributed by atoms with Crippen LogP contribution < -0.4 is 5.73 Å². The van der Waals surface area contributed by atoms with E-state index in [9.17, 15) is 5.11 Å². The Morgan fingerprint density at radius 3 is 2.44 bits per heavy atom. The third kappa shape index (κ3) is 1.94. The van der Waals surface area contributed by atoms with E-state index in [4.69, 9.17) is 5.73 Å². The predicted molar refractivity (Wildman–Crippen MR) is 66.6 cm³/mol. The molecule has 0 aliphatic carbocycles. The largest absolute Gasteiger partial charge is 0.507 e. The molecule has 0 bridgehead atoms. The summed E-state index contributed by atoms with van der Waals surface area (Å²) in [6.45, 7) is 4.31. The van der Waals surface area contributed by atoms with E-state index in [1.165, 1.54) is 0 Å². The quantitative estimate of drug-likeness (QED) is 0.839. The van der Waals surface area contributed by atoms with E-state index in [1.54, 1.807) is 17.5 Å². The second-order valence-corrected chi connectivity index (χ2v) is 4.91. The minimum Gasteiger partial charge on any atom is -0.507 e. The summed E-state index contributed by atoms with van der Waals surface area (Å²) in [4.78, 5) is 5.39. The van der Waals surface area contributed by atoms with E-state index in [0.717, 1.165) is 26.6 Å². The summed E-state index contributed by atoms with van der Waals surface area (Å²) in [7, 11) is 0. The van der Waals surface area contributed by atoms with Crippen LogP contribution in [0.3, 0.4) is 0 Å². The molecule has 1 aromatic carbocycles. The number of nitrogens with two attached hydrogens (primary N) is 1. The molecule has 84 valence electrons. The number of thiazole rings is 1. The average molecular weight is 234 g/mol. The van der Waals surface area contributed by atoms with Crippen LogP contribution in [0.5, 0.6) is 5.75 Å². The van der Waals surface area contributed by atoms with Crippen molar-refractivity contribution in [1.82, 2.24) is 4.98 Å². The molecule has 0 fully saturated rings. The van der Waals surface area contributed by atoms with Gasteiger partial charge in [0.1, 0.15) is 10.8 Å². The number of nitrogens with zero attached hydrogens (tertiary/aromatic N) is 1. The van der Waals surface area contributed by atoms with Crippen LogP contribution in [0.2, 0.25) is 0 Å². The van der Waals surface area contributed by atoms with E-state index in [-0.39, 0.29) is 0 Å². The minimum absolute atomic E-state index is 0.361. The molecular formula is C12H14N2OS. The molecule has 0 unspecified atom stereocenters. The van der Waals surface area contributed by atoms with Gasteiger partial charge in [-0.05, 0) is 37.1 Å². The standard InChI is InChI=1S/C12H14N2OS/c1-7-3-9(4-8(2)11(7)15)12-14-6-10(5-13)16-12/h3-4,6,15H,5,13H2,1-2H3. The molecule has 0 radical (unpaired) electrons. The summed E-state index contributed by atoms with van der Waals surface area (Å²) >= 11 is 1.59. The van der Waals surface area contributed by atoms with Gasteiger partial charge in [0.2, 0.25) is 0 Å². The molecule has 3 N–H and O–H groups in total. The number of hydrogen-bond donors (Lipinski definition) is 2. The number of aryl methyl sites for hydroxylation is 2. The van der Waals surface area contributed by atoms with Crippen molar-refractivity contribution < 1.29 is 5.11 Å². The van der Waals surface area contributed by atoms with Gasteiger partial charge in [0, 0.05) is 23.2 Å². The molecule has 4 heteroatoms. The minimum atomic E-state index is 0.361. The van der Waals surface area contributed by atoms with Gasteiger partial charge in [0.25, 0.3) is 0 Å². The highest BCUT2D eigenvalue weighted by Crippen LogP contribution is 2.31. The summed E-state index contributed by atoms with van der Waals surface area (Å²) in [5.41, 5.74) is 8.34. The third-order valence-corrected chi connectivity index (χ3v) is 3.56. The van der Waals surface area contributed by atoms with Crippen molar-refractivity contribution >= 4 is 11.3 Å². The first-order valence-corrected chi connectivity index (χ1v) is 5.89. The number of hydrogen-bond acceptors (Lipinski definition) is 4. The van der Waals surface area contributed by atoms with E-state index in [2.05, 4.69) is 4.98 Å². The summed E-state index contributed by atoms with van der Waals surface area (Å²) in [6.07, 6.45) is 1.80. The van der Waals surface area contributed by atoms with Gasteiger partial charge in [0.05, 0.1) is 0 Å². The lowest BCUT2D eigenvalue weighted by atomic mass is 10.1. The molecule has 0 saturated carbocycles. The Bertz CT molecular complexity index is 496. The SMILES string of the molecule is Cc1cc(-c2ncc(CN)s2)cc(C)c1O. The van der Waals surface area contributed by atoms with Gasteiger partial charge in [-0.15, -0.1) is 11.3 Å². The molecule has 3 nitrogen and oxygen atoms in total. The maximum Gasteiger partial charge on any atom is 0.123 e. The Balaban J connectivity index is 2.48. The monoisotopic (exact) mass is 234 g/mol. The van der Waals surface area contributed by atoms with Crippen LogP contribution in [0.4, 0.5) is 0 Å². The summed E-state index contributed by atoms with van der Waals surface area (Å²) < 4.78 is 0. The van der Waals surface area contributed by atoms with Crippen molar-refractivity contribution in [2.75, 3.05) is 0 Å². The highest BCUT2D eigenvalue weighted by Gasteiger charge is 2.08. The van der Waals surface area contributed by atoms with Crippen molar-refractivity contribution in [3.8, 4) is 16.3 Å². The van der Waals surface area contributed by atoms with Crippen LogP contribution in [0.25, 0.3) is 10.6 Å². The van der Waals surface area contributed by atoms with Crippen LogP contribution in [-0.4, -0.2) is 10.1 Å². The number of phenolic OH excluding ortho intramolecular Hbond substituents is 1. The lowest BCUT2D eigenvalue weighted by Crippen LogP contribution is -1.91. The Morgan fingerprint density at radius 2 is 1.94 bits per heavy atom. The van der Waals surface area contributed by atoms with Crippen LogP contribution in [0, 0.1) is 13.8 Å². The van der Waals surface area contributed by atoms with Crippen molar-refractivity contribution in [1.29, 1.82) is 0 Å². The number of phenols is 1. The Kier molecular flexibility index (Phi) is 2.94. The van der Waals surface area contributed by atoms with Gasteiger partial charge in [-0.3, -0.25) is 0 Å². The smallest absolute Gasteiger partial charge is 0.123 e. The number of aromatic hydroxyl groups is 1. The molecule has 0 atom stereocenters. The van der Waals surface area contributed by atoms with Gasteiger partial charge in [-0.1, -0.05) is 0 Å². The van der Waals surface area contributed by atoms with Gasteiger partial charge in [-0.2, -0.15) is 0 Å². The first-order valence-electron chi connectivity index (χ1n) is 5.07. The van der Waals surface area contributed by atoms with E-state index in [1.807, 2.05) is 26.0 Å². The zero-order valence-corrected chi connectivity index (χ0v) is 10.1. The second kappa shape index (κ2) is 4.23. The molecule has 1 heterocycles. The zero-order chi connectivity index (χ0) is 11.7. The number of aromatic nitrogens is 1. The van der Waals surface area contributed by atoms with Crippen LogP contribution in [0.1, 0.15) is 16.0 Å². The van der Waals surface area contributed by atoms with Gasteiger partial charge in [0.15, 0.2) is 0 Å². The maximum atomic E-state index is 9.69. The van der Waals surface area contributed by atoms with Crippen LogP contribution in [0.15, 0.2) is 18.3 Å². The fraction of sp³-hybridized carbons (Fsp3) is 0.250. The normalized spacial score (nSPS) is 10.7. The predicted octanol–water partition coefficient (Wildman–Crippen LogP) is 2.59. The Labute approximate surface area is 98.6 Å². The third-order valence-electron chi connectivity index (χ3n) is 2.49. The molecule has 0 saturated heterocycles. The van der Waals surface area contributed by atoms with E-state index < -0.39 is 0 Å². The van der Waals surface area contributed by atoms with Gasteiger partial charge >= 0.3 is 0 Å². The number of benzene rings is 1. The topological polar surface area (TPSA) is 59.1 Å². The highest BCUT2D eigenvalue weighted by atomic mass is 32.1. The molecular weight excluding hydrogens is 220 g/mol. The molecule has 2 rings (SSSR count). The first kappa shape index (κ1) is 11.1. The molecule has 1 aromatic heterocycles. The van der Waals surface area contributed by atoms with Crippen LogP contribution >= 0.6 is 11.3 Å². The fourth-order valence-electron chi connectivity index (χ4n) is 1.61. The molecule has 16 heavy (non-hydrogen) atoms.